The highest BCUT2D eigenvalue weighted by Crippen LogP contribution is 2.18. The van der Waals surface area contributed by atoms with E-state index in [-0.39, 0.29) is 24.5 Å². The molecule has 0 unspecified atom stereocenters. The molecule has 1 fully saturated rings. The molecule has 8 nitrogen and oxygen atoms in total. The molecule has 2 atom stereocenters. The van der Waals surface area contributed by atoms with E-state index >= 15 is 0 Å². The van der Waals surface area contributed by atoms with Crippen LogP contribution in [0.15, 0.2) is 42.7 Å². The van der Waals surface area contributed by atoms with Crippen LogP contribution in [0.25, 0.3) is 5.69 Å². The van der Waals surface area contributed by atoms with Crippen molar-refractivity contribution in [3.8, 4) is 5.69 Å². The Kier molecular flexibility index (Phi) is 5.42. The number of rotatable bonds is 6. The Morgan fingerprint density at radius 1 is 1.28 bits per heavy atom. The molecule has 0 spiro atoms. The number of anilines is 1. The summed E-state index contributed by atoms with van der Waals surface area (Å²) in [6, 6.07) is 9.09. The number of nitrogens with zero attached hydrogens (tertiary/aromatic N) is 2. The summed E-state index contributed by atoms with van der Waals surface area (Å²) in [4.78, 5) is 23.9. The van der Waals surface area contributed by atoms with Crippen molar-refractivity contribution in [2.45, 2.75) is 25.0 Å². The number of benzene rings is 1. The SMILES string of the molecule is NC[C@H]1CC[C@@H](C(=O)NCC(=O)Nc2ccc(-n3cccn3)cc2)O1. The number of nitrogens with two attached hydrogens (primary N) is 1. The molecule has 2 aromatic rings. The van der Waals surface area contributed by atoms with Gasteiger partial charge >= 0.3 is 0 Å². The summed E-state index contributed by atoms with van der Waals surface area (Å²) in [5, 5.41) is 9.47. The molecule has 4 N–H and O–H groups in total. The maximum atomic E-state index is 12.0. The fraction of sp³-hybridized carbons (Fsp3) is 0.353. The smallest absolute Gasteiger partial charge is 0.249 e. The van der Waals surface area contributed by atoms with Crippen molar-refractivity contribution in [1.29, 1.82) is 0 Å². The topological polar surface area (TPSA) is 111 Å². The van der Waals surface area contributed by atoms with Crippen LogP contribution in [0.4, 0.5) is 5.69 Å². The quantitative estimate of drug-likeness (QED) is 0.704. The number of ether oxygens (including phenoxy) is 1. The predicted octanol–water partition coefficient (Wildman–Crippen LogP) is 0.433. The van der Waals surface area contributed by atoms with Crippen LogP contribution in [-0.4, -0.2) is 46.9 Å². The van der Waals surface area contributed by atoms with Crippen LogP contribution in [0, 0.1) is 0 Å². The first-order chi connectivity index (χ1) is 12.2. The van der Waals surface area contributed by atoms with Gasteiger partial charge in [0.2, 0.25) is 11.8 Å². The predicted molar refractivity (Wildman–Crippen MR) is 92.2 cm³/mol. The molecule has 0 bridgehead atoms. The highest BCUT2D eigenvalue weighted by Gasteiger charge is 2.29. The van der Waals surface area contributed by atoms with E-state index in [1.807, 2.05) is 24.4 Å². The Morgan fingerprint density at radius 3 is 2.72 bits per heavy atom. The molecular formula is C17H21N5O3. The molecule has 1 saturated heterocycles. The van der Waals surface area contributed by atoms with E-state index in [9.17, 15) is 9.59 Å². The van der Waals surface area contributed by atoms with Gasteiger partial charge in [0.15, 0.2) is 0 Å². The summed E-state index contributed by atoms with van der Waals surface area (Å²) >= 11 is 0. The number of nitrogens with one attached hydrogen (secondary N) is 2. The van der Waals surface area contributed by atoms with E-state index in [4.69, 9.17) is 10.5 Å². The summed E-state index contributed by atoms with van der Waals surface area (Å²) < 4.78 is 7.22. The average Bonchev–Trinajstić information content (AvgIpc) is 3.32. The third kappa shape index (κ3) is 4.43. The molecule has 1 aliphatic rings. The van der Waals surface area contributed by atoms with Gasteiger partial charge in [-0.05, 0) is 43.2 Å². The number of aromatic nitrogens is 2. The van der Waals surface area contributed by atoms with Crippen molar-refractivity contribution in [2.24, 2.45) is 5.73 Å². The van der Waals surface area contributed by atoms with Crippen LogP contribution in [0.5, 0.6) is 0 Å². The number of hydrogen-bond acceptors (Lipinski definition) is 5. The molecule has 1 aromatic heterocycles. The van der Waals surface area contributed by atoms with E-state index < -0.39 is 6.10 Å². The van der Waals surface area contributed by atoms with Gasteiger partial charge in [0.1, 0.15) is 6.10 Å². The van der Waals surface area contributed by atoms with Crippen LogP contribution < -0.4 is 16.4 Å². The lowest BCUT2D eigenvalue weighted by Gasteiger charge is -2.12. The normalized spacial score (nSPS) is 19.6. The highest BCUT2D eigenvalue weighted by molar-refractivity contribution is 5.95. The number of amides is 2. The number of hydrogen-bond donors (Lipinski definition) is 3. The molecule has 8 heteroatoms. The van der Waals surface area contributed by atoms with Crippen molar-refractivity contribution < 1.29 is 14.3 Å². The Labute approximate surface area is 145 Å². The molecule has 0 aliphatic carbocycles. The average molecular weight is 343 g/mol. The highest BCUT2D eigenvalue weighted by atomic mass is 16.5. The molecule has 0 saturated carbocycles. The second kappa shape index (κ2) is 7.91. The van der Waals surface area contributed by atoms with Crippen LogP contribution >= 0.6 is 0 Å². The lowest BCUT2D eigenvalue weighted by molar-refractivity contribution is -0.133. The molecule has 2 amide bonds. The van der Waals surface area contributed by atoms with Crippen molar-refractivity contribution in [3.05, 3.63) is 42.7 Å². The molecule has 1 aliphatic heterocycles. The summed E-state index contributed by atoms with van der Waals surface area (Å²) in [7, 11) is 0. The minimum atomic E-state index is -0.519. The fourth-order valence-electron chi connectivity index (χ4n) is 2.68. The van der Waals surface area contributed by atoms with Crippen LogP contribution in [0.3, 0.4) is 0 Å². The first-order valence-corrected chi connectivity index (χ1v) is 8.19. The Hall–Kier alpha value is -2.71. The summed E-state index contributed by atoms with van der Waals surface area (Å²) in [5.74, 6) is -0.575. The van der Waals surface area contributed by atoms with E-state index in [0.717, 1.165) is 12.1 Å². The van der Waals surface area contributed by atoms with Gasteiger partial charge < -0.3 is 21.1 Å². The molecular weight excluding hydrogens is 322 g/mol. The fourth-order valence-corrected chi connectivity index (χ4v) is 2.68. The van der Waals surface area contributed by atoms with Gasteiger partial charge in [0, 0.05) is 24.6 Å². The van der Waals surface area contributed by atoms with E-state index in [1.54, 1.807) is 23.0 Å². The van der Waals surface area contributed by atoms with Crippen LogP contribution in [-0.2, 0) is 14.3 Å². The maximum absolute atomic E-state index is 12.0. The zero-order valence-corrected chi connectivity index (χ0v) is 13.7. The van der Waals surface area contributed by atoms with Gasteiger partial charge in [-0.25, -0.2) is 4.68 Å². The van der Waals surface area contributed by atoms with Crippen molar-refractivity contribution in [2.75, 3.05) is 18.4 Å². The Bertz CT molecular complexity index is 714. The summed E-state index contributed by atoms with van der Waals surface area (Å²) in [5.41, 5.74) is 7.06. The second-order valence-corrected chi connectivity index (χ2v) is 5.82. The largest absolute Gasteiger partial charge is 0.364 e. The second-order valence-electron chi connectivity index (χ2n) is 5.82. The number of carbonyl (C=O) groups excluding carboxylic acids is 2. The van der Waals surface area contributed by atoms with Crippen LogP contribution in [0.1, 0.15) is 12.8 Å². The lowest BCUT2D eigenvalue weighted by atomic mass is 10.2. The molecule has 1 aromatic carbocycles. The summed E-state index contributed by atoms with van der Waals surface area (Å²) in [6.45, 7) is 0.297. The van der Waals surface area contributed by atoms with Crippen molar-refractivity contribution in [1.82, 2.24) is 15.1 Å². The zero-order chi connectivity index (χ0) is 17.6. The molecule has 25 heavy (non-hydrogen) atoms. The third-order valence-electron chi connectivity index (χ3n) is 4.01. The first kappa shape index (κ1) is 17.1. The van der Waals surface area contributed by atoms with Gasteiger partial charge in [0.25, 0.3) is 0 Å². The molecule has 2 heterocycles. The van der Waals surface area contributed by atoms with E-state index in [2.05, 4.69) is 15.7 Å². The van der Waals surface area contributed by atoms with E-state index in [1.165, 1.54) is 0 Å². The first-order valence-electron chi connectivity index (χ1n) is 8.19. The minimum Gasteiger partial charge on any atom is -0.364 e. The summed E-state index contributed by atoms with van der Waals surface area (Å²) in [6.07, 6.45) is 4.34. The van der Waals surface area contributed by atoms with E-state index in [0.29, 0.717) is 18.7 Å². The Balaban J connectivity index is 1.45. The zero-order valence-electron chi connectivity index (χ0n) is 13.7. The molecule has 132 valence electrons. The van der Waals surface area contributed by atoms with Gasteiger partial charge in [-0.15, -0.1) is 0 Å². The molecule has 0 radical (unpaired) electrons. The third-order valence-corrected chi connectivity index (χ3v) is 4.01. The van der Waals surface area contributed by atoms with Gasteiger partial charge in [-0.2, -0.15) is 5.10 Å². The lowest BCUT2D eigenvalue weighted by Crippen LogP contribution is -2.39. The van der Waals surface area contributed by atoms with Gasteiger partial charge in [0.05, 0.1) is 18.3 Å². The molecule has 3 rings (SSSR count). The minimum absolute atomic E-state index is 0.0714. The van der Waals surface area contributed by atoms with Crippen LogP contribution in [0.2, 0.25) is 0 Å². The van der Waals surface area contributed by atoms with Crippen molar-refractivity contribution in [3.63, 3.8) is 0 Å². The van der Waals surface area contributed by atoms with Gasteiger partial charge in [-0.1, -0.05) is 0 Å². The number of carbonyl (C=O) groups is 2. The monoisotopic (exact) mass is 343 g/mol. The van der Waals surface area contributed by atoms with Crippen molar-refractivity contribution >= 4 is 17.5 Å². The maximum Gasteiger partial charge on any atom is 0.249 e. The van der Waals surface area contributed by atoms with Gasteiger partial charge in [-0.3, -0.25) is 9.59 Å². The Morgan fingerprint density at radius 2 is 2.08 bits per heavy atom. The standard InChI is InChI=1S/C17H21N5O3/c18-10-14-6-7-15(25-14)17(24)19-11-16(23)21-12-2-4-13(5-3-12)22-9-1-8-20-22/h1-5,8-9,14-15H,6-7,10-11,18H2,(H,19,24)(H,21,23)/t14-,15+/m1/s1.